The third-order valence-electron chi connectivity index (χ3n) is 3.80. The summed E-state index contributed by atoms with van der Waals surface area (Å²) in [7, 11) is 0. The maximum atomic E-state index is 14.1. The first-order chi connectivity index (χ1) is 8.54. The summed E-state index contributed by atoms with van der Waals surface area (Å²) >= 11 is 5.85. The van der Waals surface area contributed by atoms with Crippen molar-refractivity contribution in [1.82, 2.24) is 4.90 Å². The van der Waals surface area contributed by atoms with Gasteiger partial charge in [-0.2, -0.15) is 0 Å². The Balaban J connectivity index is 2.31. The highest BCUT2D eigenvalue weighted by Gasteiger charge is 2.33. The summed E-state index contributed by atoms with van der Waals surface area (Å²) < 4.78 is 14.1. The first-order valence-corrected chi connectivity index (χ1v) is 6.82. The smallest absolute Gasteiger partial charge is 0.146 e. The summed E-state index contributed by atoms with van der Waals surface area (Å²) in [5.74, 6) is 0.303. The van der Waals surface area contributed by atoms with Gasteiger partial charge in [-0.3, -0.25) is 4.90 Å². The molecule has 2 rings (SSSR count). The molecule has 3 atom stereocenters. The van der Waals surface area contributed by atoms with Crippen molar-refractivity contribution >= 4 is 11.6 Å². The van der Waals surface area contributed by atoms with Gasteiger partial charge in [-0.15, -0.1) is 0 Å². The Hall–Kier alpha value is -0.640. The topological polar surface area (TPSA) is 29.3 Å². The van der Waals surface area contributed by atoms with Gasteiger partial charge < -0.3 is 5.73 Å². The molecule has 0 saturated carbocycles. The van der Waals surface area contributed by atoms with E-state index in [1.807, 2.05) is 0 Å². The average Bonchev–Trinajstić information content (AvgIpc) is 2.65. The van der Waals surface area contributed by atoms with Crippen molar-refractivity contribution < 1.29 is 4.39 Å². The zero-order valence-corrected chi connectivity index (χ0v) is 11.6. The lowest BCUT2D eigenvalue weighted by molar-refractivity contribution is 0.188. The molecule has 2 nitrogen and oxygen atoms in total. The Morgan fingerprint density at radius 1 is 1.50 bits per heavy atom. The molecule has 4 heteroatoms. The minimum atomic E-state index is -0.332. The third kappa shape index (κ3) is 2.53. The van der Waals surface area contributed by atoms with Crippen molar-refractivity contribution in [1.29, 1.82) is 0 Å². The lowest BCUT2D eigenvalue weighted by Gasteiger charge is -2.31. The molecule has 0 spiro atoms. The van der Waals surface area contributed by atoms with Crippen molar-refractivity contribution in [3.63, 3.8) is 0 Å². The van der Waals surface area contributed by atoms with Gasteiger partial charge in [-0.25, -0.2) is 4.39 Å². The van der Waals surface area contributed by atoms with Gasteiger partial charge in [0.25, 0.3) is 0 Å². The van der Waals surface area contributed by atoms with Crippen molar-refractivity contribution in [3.05, 3.63) is 34.6 Å². The molecule has 1 aliphatic rings. The average molecular weight is 271 g/mol. The lowest BCUT2D eigenvalue weighted by Crippen LogP contribution is -2.36. The number of nitrogens with zero attached hydrogens (tertiary/aromatic N) is 1. The zero-order valence-electron chi connectivity index (χ0n) is 10.9. The molecule has 1 heterocycles. The van der Waals surface area contributed by atoms with Crippen molar-refractivity contribution in [2.75, 3.05) is 13.1 Å². The first kappa shape index (κ1) is 13.8. The second-order valence-corrected chi connectivity index (χ2v) is 5.69. The van der Waals surface area contributed by atoms with Crippen LogP contribution in [0.15, 0.2) is 18.2 Å². The second kappa shape index (κ2) is 5.55. The van der Waals surface area contributed by atoms with Gasteiger partial charge in [0.1, 0.15) is 5.82 Å². The van der Waals surface area contributed by atoms with Gasteiger partial charge in [-0.05, 0) is 25.3 Å². The summed E-state index contributed by atoms with van der Waals surface area (Å²) in [6.07, 6.45) is 1.14. The number of hydrogen-bond donors (Lipinski definition) is 1. The molecular formula is C14H20ClFN2. The number of benzene rings is 1. The molecule has 0 aliphatic carbocycles. The van der Waals surface area contributed by atoms with E-state index < -0.39 is 0 Å². The first-order valence-electron chi connectivity index (χ1n) is 6.44. The monoisotopic (exact) mass is 270 g/mol. The van der Waals surface area contributed by atoms with E-state index in [-0.39, 0.29) is 16.9 Å². The fourth-order valence-electron chi connectivity index (χ4n) is 2.99. The standard InChI is InChI=1S/C14H20ClFN2/c1-9-6-10(2)18(8-9)13(7-17)11-4-3-5-12(15)14(11)16/h3-5,9-10,13H,6-8,17H2,1-2H3. The van der Waals surface area contributed by atoms with E-state index in [0.717, 1.165) is 13.0 Å². The maximum Gasteiger partial charge on any atom is 0.146 e. The predicted octanol–water partition coefficient (Wildman–Crippen LogP) is 3.21. The van der Waals surface area contributed by atoms with E-state index in [1.165, 1.54) is 0 Å². The minimum absolute atomic E-state index is 0.0800. The predicted molar refractivity (Wildman–Crippen MR) is 73.2 cm³/mol. The van der Waals surface area contributed by atoms with E-state index in [4.69, 9.17) is 17.3 Å². The van der Waals surface area contributed by atoms with Gasteiger partial charge >= 0.3 is 0 Å². The molecule has 1 aliphatic heterocycles. The number of rotatable bonds is 3. The van der Waals surface area contributed by atoms with E-state index in [0.29, 0.717) is 24.1 Å². The van der Waals surface area contributed by atoms with Crippen LogP contribution in [0, 0.1) is 11.7 Å². The van der Waals surface area contributed by atoms with Crippen LogP contribution >= 0.6 is 11.6 Å². The van der Waals surface area contributed by atoms with E-state index in [9.17, 15) is 4.39 Å². The molecular weight excluding hydrogens is 251 g/mol. The summed E-state index contributed by atoms with van der Waals surface area (Å²) in [5, 5.41) is 0.172. The lowest BCUT2D eigenvalue weighted by atomic mass is 10.0. The van der Waals surface area contributed by atoms with Crippen LogP contribution in [0.25, 0.3) is 0 Å². The number of likely N-dealkylation sites (tertiary alicyclic amines) is 1. The van der Waals surface area contributed by atoms with Crippen molar-refractivity contribution in [3.8, 4) is 0 Å². The van der Waals surface area contributed by atoms with Crippen LogP contribution in [-0.2, 0) is 0 Å². The fourth-order valence-corrected chi connectivity index (χ4v) is 3.17. The Morgan fingerprint density at radius 3 is 2.78 bits per heavy atom. The molecule has 1 saturated heterocycles. The van der Waals surface area contributed by atoms with Gasteiger partial charge in [0.05, 0.1) is 11.1 Å². The Labute approximate surface area is 113 Å². The number of hydrogen-bond acceptors (Lipinski definition) is 2. The summed E-state index contributed by atoms with van der Waals surface area (Å²) in [6, 6.07) is 5.50. The highest BCUT2D eigenvalue weighted by Crippen LogP contribution is 2.33. The second-order valence-electron chi connectivity index (χ2n) is 5.28. The highest BCUT2D eigenvalue weighted by molar-refractivity contribution is 6.30. The van der Waals surface area contributed by atoms with Crippen LogP contribution in [-0.4, -0.2) is 24.0 Å². The summed E-state index contributed by atoms with van der Waals surface area (Å²) in [6.45, 7) is 5.77. The van der Waals surface area contributed by atoms with E-state index >= 15 is 0 Å². The minimum Gasteiger partial charge on any atom is -0.329 e. The van der Waals surface area contributed by atoms with Crippen LogP contribution in [0.5, 0.6) is 0 Å². The molecule has 0 bridgehead atoms. The molecule has 1 fully saturated rings. The van der Waals surface area contributed by atoms with Gasteiger partial charge in [0.15, 0.2) is 0 Å². The van der Waals surface area contributed by atoms with Crippen molar-refractivity contribution in [2.24, 2.45) is 11.7 Å². The highest BCUT2D eigenvalue weighted by atomic mass is 35.5. The SMILES string of the molecule is CC1CC(C)N(C(CN)c2cccc(Cl)c2F)C1. The molecule has 2 N–H and O–H groups in total. The normalized spacial score (nSPS) is 26.5. The molecule has 0 amide bonds. The molecule has 1 aromatic carbocycles. The molecule has 18 heavy (non-hydrogen) atoms. The van der Waals surface area contributed by atoms with Crippen molar-refractivity contribution in [2.45, 2.75) is 32.4 Å². The number of halogens is 2. The van der Waals surface area contributed by atoms with Crippen LogP contribution < -0.4 is 5.73 Å². The molecule has 0 radical (unpaired) electrons. The van der Waals surface area contributed by atoms with E-state index in [2.05, 4.69) is 18.7 Å². The zero-order chi connectivity index (χ0) is 13.3. The van der Waals surface area contributed by atoms with Gasteiger partial charge in [0, 0.05) is 24.7 Å². The molecule has 1 aromatic rings. The van der Waals surface area contributed by atoms with Gasteiger partial charge in [-0.1, -0.05) is 30.7 Å². The Kier molecular flexibility index (Phi) is 4.25. The Morgan fingerprint density at radius 2 is 2.22 bits per heavy atom. The van der Waals surface area contributed by atoms with Crippen LogP contribution in [0.1, 0.15) is 31.9 Å². The molecule has 0 aromatic heterocycles. The quantitative estimate of drug-likeness (QED) is 0.914. The Bertz CT molecular complexity index is 424. The third-order valence-corrected chi connectivity index (χ3v) is 4.09. The molecule has 100 valence electrons. The number of nitrogens with two attached hydrogens (primary N) is 1. The summed E-state index contributed by atoms with van der Waals surface area (Å²) in [5.41, 5.74) is 6.48. The van der Waals surface area contributed by atoms with Crippen LogP contribution in [0.4, 0.5) is 4.39 Å². The van der Waals surface area contributed by atoms with E-state index in [1.54, 1.807) is 18.2 Å². The summed E-state index contributed by atoms with van der Waals surface area (Å²) in [4.78, 5) is 2.29. The molecule has 3 unspecified atom stereocenters. The van der Waals surface area contributed by atoms with Gasteiger partial charge in [0.2, 0.25) is 0 Å². The largest absolute Gasteiger partial charge is 0.329 e. The fraction of sp³-hybridized carbons (Fsp3) is 0.571. The van der Waals surface area contributed by atoms with Crippen LogP contribution in [0.2, 0.25) is 5.02 Å². The maximum absolute atomic E-state index is 14.1. The van der Waals surface area contributed by atoms with Crippen LogP contribution in [0.3, 0.4) is 0 Å².